The van der Waals surface area contributed by atoms with Gasteiger partial charge in [-0.15, -0.1) is 0 Å². The van der Waals surface area contributed by atoms with Gasteiger partial charge in [0.15, 0.2) is 18.2 Å². The molecule has 200 valence electrons. The molecule has 0 spiro atoms. The SMILES string of the molecule is CCOC(=O)COc1ccc(C(=O)NC(C)C(=O)c2ccc(/C(N)=N/O[Si](C)(C)C(C)(C)C)cc2)cc1. The highest BCUT2D eigenvalue weighted by Gasteiger charge is 2.40. The van der Waals surface area contributed by atoms with Crippen LogP contribution in [0.3, 0.4) is 0 Å². The van der Waals surface area contributed by atoms with Crippen LogP contribution in [-0.4, -0.2) is 51.1 Å². The molecule has 2 rings (SSSR count). The predicted molar refractivity (Wildman–Crippen MR) is 145 cm³/mol. The zero-order valence-corrected chi connectivity index (χ0v) is 23.6. The Labute approximate surface area is 219 Å². The van der Waals surface area contributed by atoms with Crippen LogP contribution in [0, 0.1) is 0 Å². The number of oxime groups is 1. The second kappa shape index (κ2) is 12.5. The number of rotatable bonds is 11. The van der Waals surface area contributed by atoms with Crippen molar-refractivity contribution in [2.75, 3.05) is 13.2 Å². The first kappa shape index (κ1) is 29.6. The van der Waals surface area contributed by atoms with Crippen molar-refractivity contribution in [1.82, 2.24) is 5.32 Å². The molecule has 2 aromatic rings. The summed E-state index contributed by atoms with van der Waals surface area (Å²) in [7, 11) is -2.09. The van der Waals surface area contributed by atoms with E-state index in [0.29, 0.717) is 22.4 Å². The molecule has 10 heteroatoms. The largest absolute Gasteiger partial charge is 0.482 e. The van der Waals surface area contributed by atoms with Gasteiger partial charge in [0.05, 0.1) is 12.6 Å². The van der Waals surface area contributed by atoms with Crippen LogP contribution < -0.4 is 15.8 Å². The first-order chi connectivity index (χ1) is 17.2. The average Bonchev–Trinajstić information content (AvgIpc) is 2.85. The van der Waals surface area contributed by atoms with Crippen molar-refractivity contribution in [3.05, 3.63) is 65.2 Å². The summed E-state index contributed by atoms with van der Waals surface area (Å²) >= 11 is 0. The van der Waals surface area contributed by atoms with Crippen LogP contribution >= 0.6 is 0 Å². The lowest BCUT2D eigenvalue weighted by molar-refractivity contribution is -0.145. The summed E-state index contributed by atoms with van der Waals surface area (Å²) in [4.78, 5) is 36.8. The van der Waals surface area contributed by atoms with Crippen molar-refractivity contribution in [3.63, 3.8) is 0 Å². The van der Waals surface area contributed by atoms with Crippen molar-refractivity contribution >= 4 is 31.8 Å². The number of nitrogens with two attached hydrogens (primary N) is 1. The van der Waals surface area contributed by atoms with Gasteiger partial charge in [-0.2, -0.15) is 0 Å². The number of Topliss-reactive ketones (excluding diaryl/α,β-unsaturated/α-hetero) is 1. The lowest BCUT2D eigenvalue weighted by Gasteiger charge is -2.33. The van der Waals surface area contributed by atoms with E-state index in [2.05, 4.69) is 44.3 Å². The molecular formula is C27H37N3O6Si. The lowest BCUT2D eigenvalue weighted by Crippen LogP contribution is -2.39. The monoisotopic (exact) mass is 527 g/mol. The van der Waals surface area contributed by atoms with Crippen molar-refractivity contribution in [2.24, 2.45) is 10.9 Å². The first-order valence-electron chi connectivity index (χ1n) is 12.1. The van der Waals surface area contributed by atoms with E-state index in [0.717, 1.165) is 0 Å². The van der Waals surface area contributed by atoms with Gasteiger partial charge in [-0.1, -0.05) is 50.2 Å². The zero-order valence-electron chi connectivity index (χ0n) is 22.6. The number of ketones is 1. The molecule has 0 aliphatic carbocycles. The summed E-state index contributed by atoms with van der Waals surface area (Å²) in [5.41, 5.74) is 7.51. The normalized spacial score (nSPS) is 12.9. The highest BCUT2D eigenvalue weighted by atomic mass is 28.4. The summed E-state index contributed by atoms with van der Waals surface area (Å²) in [6.45, 7) is 13.9. The van der Waals surface area contributed by atoms with Gasteiger partial charge in [-0.3, -0.25) is 9.59 Å². The van der Waals surface area contributed by atoms with Crippen LogP contribution in [0.5, 0.6) is 5.75 Å². The van der Waals surface area contributed by atoms with E-state index in [-0.39, 0.29) is 29.9 Å². The molecule has 1 amide bonds. The second-order valence-corrected chi connectivity index (χ2v) is 14.8. The number of amides is 1. The maximum absolute atomic E-state index is 12.9. The molecule has 3 N–H and O–H groups in total. The fraction of sp³-hybridized carbons (Fsp3) is 0.407. The minimum absolute atomic E-state index is 0.00639. The molecule has 1 unspecified atom stereocenters. The molecular weight excluding hydrogens is 490 g/mol. The van der Waals surface area contributed by atoms with Gasteiger partial charge < -0.3 is 25.1 Å². The van der Waals surface area contributed by atoms with Crippen molar-refractivity contribution in [1.29, 1.82) is 0 Å². The first-order valence-corrected chi connectivity index (χ1v) is 15.0. The molecule has 0 heterocycles. The van der Waals surface area contributed by atoms with E-state index in [1.54, 1.807) is 62.4 Å². The summed E-state index contributed by atoms with van der Waals surface area (Å²) in [6, 6.07) is 12.2. The number of carbonyl (C=O) groups excluding carboxylic acids is 3. The molecule has 1 atom stereocenters. The van der Waals surface area contributed by atoms with Gasteiger partial charge in [-0.25, -0.2) is 4.79 Å². The summed E-state index contributed by atoms with van der Waals surface area (Å²) in [5.74, 6) is -0.471. The Hall–Kier alpha value is -3.66. The Morgan fingerprint density at radius 1 is 0.973 bits per heavy atom. The molecule has 0 bridgehead atoms. The topological polar surface area (TPSA) is 129 Å². The lowest BCUT2D eigenvalue weighted by atomic mass is 10.0. The van der Waals surface area contributed by atoms with Crippen LogP contribution in [0.1, 0.15) is 60.9 Å². The Balaban J connectivity index is 1.96. The van der Waals surface area contributed by atoms with E-state index >= 15 is 0 Å². The molecule has 0 radical (unpaired) electrons. The molecule has 0 aromatic heterocycles. The molecule has 37 heavy (non-hydrogen) atoms. The van der Waals surface area contributed by atoms with Gasteiger partial charge >= 0.3 is 5.97 Å². The number of benzene rings is 2. The number of carbonyl (C=O) groups is 3. The molecule has 0 aliphatic heterocycles. The number of hydrogen-bond donors (Lipinski definition) is 2. The van der Waals surface area contributed by atoms with E-state index in [9.17, 15) is 14.4 Å². The third-order valence-corrected chi connectivity index (χ3v) is 10.3. The Kier molecular flexibility index (Phi) is 10.0. The van der Waals surface area contributed by atoms with Crippen LogP contribution in [-0.2, 0) is 14.1 Å². The number of hydrogen-bond acceptors (Lipinski definition) is 7. The van der Waals surface area contributed by atoms with E-state index in [1.807, 2.05) is 0 Å². The van der Waals surface area contributed by atoms with Gasteiger partial charge in [-0.05, 0) is 56.2 Å². The van der Waals surface area contributed by atoms with Gasteiger partial charge in [0.25, 0.3) is 14.2 Å². The third kappa shape index (κ3) is 8.45. The van der Waals surface area contributed by atoms with Crippen LogP contribution in [0.15, 0.2) is 53.7 Å². The minimum atomic E-state index is -2.09. The van der Waals surface area contributed by atoms with Gasteiger partial charge in [0, 0.05) is 16.7 Å². The van der Waals surface area contributed by atoms with Crippen LogP contribution in [0.25, 0.3) is 0 Å². The van der Waals surface area contributed by atoms with Crippen LogP contribution in [0.2, 0.25) is 18.1 Å². The molecule has 0 aliphatic rings. The maximum Gasteiger partial charge on any atom is 0.344 e. The smallest absolute Gasteiger partial charge is 0.344 e. The maximum atomic E-state index is 12.9. The predicted octanol–water partition coefficient (Wildman–Crippen LogP) is 4.27. The molecule has 0 fully saturated rings. The Morgan fingerprint density at radius 2 is 1.51 bits per heavy atom. The number of ether oxygens (including phenoxy) is 2. The highest BCUT2D eigenvalue weighted by Crippen LogP contribution is 2.36. The minimum Gasteiger partial charge on any atom is -0.482 e. The molecule has 0 saturated heterocycles. The van der Waals surface area contributed by atoms with Gasteiger partial charge in [0.2, 0.25) is 0 Å². The van der Waals surface area contributed by atoms with Crippen molar-refractivity contribution < 1.29 is 28.4 Å². The van der Waals surface area contributed by atoms with E-state index in [4.69, 9.17) is 19.7 Å². The fourth-order valence-corrected chi connectivity index (χ4v) is 3.40. The Morgan fingerprint density at radius 3 is 2.05 bits per heavy atom. The Bertz CT molecular complexity index is 1120. The number of nitrogens with zero attached hydrogens (tertiary/aromatic N) is 1. The van der Waals surface area contributed by atoms with Gasteiger partial charge in [0.1, 0.15) is 5.75 Å². The van der Waals surface area contributed by atoms with Crippen molar-refractivity contribution in [2.45, 2.75) is 58.8 Å². The third-order valence-electron chi connectivity index (χ3n) is 6.16. The van der Waals surface area contributed by atoms with E-state index in [1.165, 1.54) is 0 Å². The second-order valence-electron chi connectivity index (χ2n) is 10.1. The summed E-state index contributed by atoms with van der Waals surface area (Å²) < 4.78 is 15.9. The quantitative estimate of drug-likeness (QED) is 0.111. The molecule has 9 nitrogen and oxygen atoms in total. The summed E-state index contributed by atoms with van der Waals surface area (Å²) in [6.07, 6.45) is 0. The molecule has 2 aromatic carbocycles. The molecule has 0 saturated carbocycles. The van der Waals surface area contributed by atoms with Crippen LogP contribution in [0.4, 0.5) is 0 Å². The number of amidine groups is 1. The fourth-order valence-electron chi connectivity index (χ4n) is 2.80. The standard InChI is InChI=1S/C27H37N3O6Si/c1-8-34-23(31)17-35-22-15-13-21(14-16-22)26(33)29-18(2)24(32)19-9-11-20(12-10-19)25(28)30-36-37(6,7)27(3,4)5/h9-16,18H,8,17H2,1-7H3,(H2,28,30)(H,29,33). The highest BCUT2D eigenvalue weighted by molar-refractivity contribution is 6.74. The summed E-state index contributed by atoms with van der Waals surface area (Å²) in [5, 5.41) is 6.83. The van der Waals surface area contributed by atoms with Crippen molar-refractivity contribution in [3.8, 4) is 5.75 Å². The number of nitrogens with one attached hydrogen (secondary N) is 1. The average molecular weight is 528 g/mol. The van der Waals surface area contributed by atoms with E-state index < -0.39 is 26.2 Å². The zero-order chi connectivity index (χ0) is 27.8. The number of esters is 1.